The Hall–Kier alpha value is -0.760. The summed E-state index contributed by atoms with van der Waals surface area (Å²) < 4.78 is 34.6. The largest absolute Gasteiger partial charge is 0.756 e. The fourth-order valence-corrected chi connectivity index (χ4v) is 7.21. The van der Waals surface area contributed by atoms with Gasteiger partial charge in [0.05, 0.1) is 34.4 Å². The van der Waals surface area contributed by atoms with Crippen molar-refractivity contribution < 1.29 is 37.3 Å². The summed E-state index contributed by atoms with van der Waals surface area (Å²) in [7, 11) is 1.37. The topological polar surface area (TPSA) is 94.1 Å². The van der Waals surface area contributed by atoms with Crippen molar-refractivity contribution in [3.63, 3.8) is 0 Å². The van der Waals surface area contributed by atoms with Crippen molar-refractivity contribution in [1.29, 1.82) is 0 Å². The number of hydrogen-bond acceptors (Lipinski definition) is 7. The van der Waals surface area contributed by atoms with Crippen LogP contribution in [0.3, 0.4) is 0 Å². The fraction of sp³-hybridized carbons (Fsp3) is 0.933. The second-order valence-corrected chi connectivity index (χ2v) is 18.2. The van der Waals surface area contributed by atoms with E-state index in [0.717, 1.165) is 32.1 Å². The summed E-state index contributed by atoms with van der Waals surface area (Å²) in [6.45, 7) is 5.44. The quantitative estimate of drug-likeness (QED) is 0.0200. The number of carbonyl (C=O) groups excluding carboxylic acids is 1. The number of nitrogens with zero attached hydrogens (tertiary/aromatic N) is 1. The Morgan fingerprint density at radius 3 is 1.41 bits per heavy atom. The van der Waals surface area contributed by atoms with Crippen molar-refractivity contribution >= 4 is 13.8 Å². The van der Waals surface area contributed by atoms with Gasteiger partial charge in [-0.15, -0.1) is 0 Å². The molecule has 0 aromatic rings. The van der Waals surface area contributed by atoms with Gasteiger partial charge in [-0.2, -0.15) is 0 Å². The van der Waals surface area contributed by atoms with Crippen LogP contribution < -0.4 is 4.89 Å². The predicted octanol–water partition coefficient (Wildman–Crippen LogP) is 12.8. The lowest BCUT2D eigenvalue weighted by Crippen LogP contribution is -2.37. The second kappa shape index (κ2) is 39.1. The van der Waals surface area contributed by atoms with Crippen molar-refractivity contribution in [2.24, 2.45) is 0 Å². The number of likely N-dealkylation sites (N-methyl/N-ethyl adjacent to an activating group) is 1. The zero-order valence-corrected chi connectivity index (χ0v) is 37.3. The van der Waals surface area contributed by atoms with Crippen LogP contribution in [-0.2, 0) is 27.9 Å². The molecule has 54 heavy (non-hydrogen) atoms. The van der Waals surface area contributed by atoms with Gasteiger partial charge in [-0.1, -0.05) is 180 Å². The molecule has 2 atom stereocenters. The highest BCUT2D eigenvalue weighted by Gasteiger charge is 2.20. The first kappa shape index (κ1) is 53.2. The van der Waals surface area contributed by atoms with E-state index in [4.69, 9.17) is 18.5 Å². The van der Waals surface area contributed by atoms with E-state index in [0.29, 0.717) is 24.1 Å². The summed E-state index contributed by atoms with van der Waals surface area (Å²) in [4.78, 5) is 25.0. The monoisotopic (exact) mass is 788 g/mol. The first-order chi connectivity index (χ1) is 26.1. The molecule has 2 unspecified atom stereocenters. The van der Waals surface area contributed by atoms with Crippen LogP contribution >= 0.6 is 7.82 Å². The fourth-order valence-electron chi connectivity index (χ4n) is 6.48. The zero-order valence-electron chi connectivity index (χ0n) is 36.4. The third-order valence-electron chi connectivity index (χ3n) is 10.1. The molecule has 0 aliphatic heterocycles. The number of phosphoric ester groups is 1. The SMILES string of the molecule is CCCCCCCCCC/C=C\CCCCCCCCCCCC(=O)OC(COCCCCCCCCCCCCC)COP(=O)([O-])OCC[N+](C)(C)C. The normalized spacial score (nSPS) is 13.8. The number of esters is 1. The summed E-state index contributed by atoms with van der Waals surface area (Å²) in [6.07, 6.45) is 42.2. The van der Waals surface area contributed by atoms with E-state index in [2.05, 4.69) is 26.0 Å². The van der Waals surface area contributed by atoms with Crippen LogP contribution in [0.1, 0.15) is 213 Å². The molecular weight excluding hydrogens is 697 g/mol. The lowest BCUT2D eigenvalue weighted by Gasteiger charge is -2.28. The van der Waals surface area contributed by atoms with Crippen molar-refractivity contribution in [1.82, 2.24) is 0 Å². The van der Waals surface area contributed by atoms with Crippen LogP contribution in [0.15, 0.2) is 12.2 Å². The summed E-state index contributed by atoms with van der Waals surface area (Å²) in [5, 5.41) is 0. The molecule has 0 fully saturated rings. The Morgan fingerprint density at radius 2 is 0.963 bits per heavy atom. The van der Waals surface area contributed by atoms with Gasteiger partial charge in [0.1, 0.15) is 19.3 Å². The van der Waals surface area contributed by atoms with Crippen molar-refractivity contribution in [3.05, 3.63) is 12.2 Å². The molecular formula is C45H90NO7P. The Morgan fingerprint density at radius 1 is 0.556 bits per heavy atom. The number of phosphoric acid groups is 1. The minimum absolute atomic E-state index is 0.0289. The van der Waals surface area contributed by atoms with Gasteiger partial charge in [-0.3, -0.25) is 9.36 Å². The average Bonchev–Trinajstić information content (AvgIpc) is 3.12. The van der Waals surface area contributed by atoms with E-state index >= 15 is 0 Å². The van der Waals surface area contributed by atoms with Crippen molar-refractivity contribution in [3.8, 4) is 0 Å². The maximum atomic E-state index is 12.7. The summed E-state index contributed by atoms with van der Waals surface area (Å²) >= 11 is 0. The molecule has 0 amide bonds. The van der Waals surface area contributed by atoms with Gasteiger partial charge in [-0.25, -0.2) is 0 Å². The molecule has 0 rings (SSSR count). The Bertz CT molecular complexity index is 879. The Labute approximate surface area is 335 Å². The third kappa shape index (κ3) is 42.4. The van der Waals surface area contributed by atoms with Crippen LogP contribution in [0.5, 0.6) is 0 Å². The number of allylic oxidation sites excluding steroid dienone is 2. The van der Waals surface area contributed by atoms with Crippen molar-refractivity contribution in [2.75, 3.05) is 54.1 Å². The van der Waals surface area contributed by atoms with Gasteiger partial charge in [0, 0.05) is 13.0 Å². The van der Waals surface area contributed by atoms with Gasteiger partial charge >= 0.3 is 5.97 Å². The van der Waals surface area contributed by atoms with Crippen LogP contribution in [0.4, 0.5) is 0 Å². The van der Waals surface area contributed by atoms with E-state index in [1.165, 1.54) is 161 Å². The van der Waals surface area contributed by atoms with Crippen LogP contribution in [0, 0.1) is 0 Å². The first-order valence-electron chi connectivity index (χ1n) is 22.9. The van der Waals surface area contributed by atoms with Gasteiger partial charge in [0.25, 0.3) is 7.82 Å². The Balaban J connectivity index is 4.12. The van der Waals surface area contributed by atoms with Gasteiger partial charge in [-0.05, 0) is 38.5 Å². The number of carbonyl (C=O) groups is 1. The summed E-state index contributed by atoms with van der Waals surface area (Å²) in [6, 6.07) is 0. The molecule has 0 aliphatic carbocycles. The molecule has 0 spiro atoms. The minimum atomic E-state index is -4.52. The molecule has 0 aromatic heterocycles. The molecule has 0 saturated carbocycles. The first-order valence-corrected chi connectivity index (χ1v) is 24.4. The number of rotatable bonds is 43. The lowest BCUT2D eigenvalue weighted by molar-refractivity contribution is -0.870. The van der Waals surface area contributed by atoms with Gasteiger partial charge in [0.2, 0.25) is 0 Å². The molecule has 322 valence electrons. The highest BCUT2D eigenvalue weighted by atomic mass is 31.2. The minimum Gasteiger partial charge on any atom is -0.756 e. The van der Waals surface area contributed by atoms with Crippen LogP contribution in [0.2, 0.25) is 0 Å². The van der Waals surface area contributed by atoms with E-state index in [1.54, 1.807) is 0 Å². The zero-order chi connectivity index (χ0) is 39.9. The van der Waals surface area contributed by atoms with E-state index in [-0.39, 0.29) is 25.8 Å². The van der Waals surface area contributed by atoms with Crippen LogP contribution in [0.25, 0.3) is 0 Å². The maximum Gasteiger partial charge on any atom is 0.306 e. The average molecular weight is 788 g/mol. The third-order valence-corrected chi connectivity index (χ3v) is 11.0. The second-order valence-electron chi connectivity index (χ2n) is 16.8. The predicted molar refractivity (Wildman–Crippen MR) is 227 cm³/mol. The molecule has 0 radical (unpaired) electrons. The van der Waals surface area contributed by atoms with Crippen LogP contribution in [-0.4, -0.2) is 70.7 Å². The maximum absolute atomic E-state index is 12.7. The smallest absolute Gasteiger partial charge is 0.306 e. The molecule has 0 aromatic carbocycles. The standard InChI is InChI=1S/C45H90NO7P/c1-6-8-10-12-14-16-18-19-20-21-22-23-24-25-26-27-28-30-32-34-36-38-45(47)53-44(43-52-54(48,49)51-41-39-46(3,4)5)42-50-40-37-35-33-31-29-17-15-13-11-9-7-2/h21-22,44H,6-20,23-43H2,1-5H3/b22-21-. The highest BCUT2D eigenvalue weighted by Crippen LogP contribution is 2.38. The molecule has 0 heterocycles. The number of quaternary nitrogens is 1. The molecule has 8 nitrogen and oxygen atoms in total. The van der Waals surface area contributed by atoms with Gasteiger partial charge < -0.3 is 27.9 Å². The number of unbranched alkanes of at least 4 members (excludes halogenated alkanes) is 27. The molecule has 0 saturated heterocycles. The number of hydrogen-bond donors (Lipinski definition) is 0. The Kier molecular flexibility index (Phi) is 38.5. The summed E-state index contributed by atoms with van der Waals surface area (Å²) in [5.74, 6) is -0.333. The number of ether oxygens (including phenoxy) is 2. The van der Waals surface area contributed by atoms with Crippen molar-refractivity contribution in [2.45, 2.75) is 219 Å². The lowest BCUT2D eigenvalue weighted by atomic mass is 10.1. The molecule has 0 aliphatic rings. The van der Waals surface area contributed by atoms with Gasteiger partial charge in [0.15, 0.2) is 0 Å². The van der Waals surface area contributed by atoms with E-state index < -0.39 is 13.9 Å². The molecule has 0 bridgehead atoms. The molecule has 0 N–H and O–H groups in total. The van der Waals surface area contributed by atoms with E-state index in [1.807, 2.05) is 21.1 Å². The summed E-state index contributed by atoms with van der Waals surface area (Å²) in [5.41, 5.74) is 0. The highest BCUT2D eigenvalue weighted by molar-refractivity contribution is 7.45. The molecule has 9 heteroatoms. The van der Waals surface area contributed by atoms with E-state index in [9.17, 15) is 14.3 Å².